The monoisotopic (exact) mass is 333 g/mol. The summed E-state index contributed by atoms with van der Waals surface area (Å²) in [7, 11) is 0. The molecule has 6 nitrogen and oxygen atoms in total. The molecule has 2 atom stereocenters. The fraction of sp³-hybridized carbons (Fsp3) is 0.471. The topological polar surface area (TPSA) is 68.5 Å². The van der Waals surface area contributed by atoms with Gasteiger partial charge in [0.2, 0.25) is 11.8 Å². The Morgan fingerprint density at radius 1 is 1.42 bits per heavy atom. The predicted octanol–water partition coefficient (Wildman–Crippen LogP) is 2.69. The van der Waals surface area contributed by atoms with E-state index in [1.807, 2.05) is 6.92 Å². The van der Waals surface area contributed by atoms with E-state index in [2.05, 4.69) is 10.2 Å². The van der Waals surface area contributed by atoms with Crippen LogP contribution >= 0.6 is 0 Å². The minimum Gasteiger partial charge on any atom is -0.481 e. The lowest BCUT2D eigenvalue weighted by atomic mass is 9.90. The van der Waals surface area contributed by atoms with Crippen LogP contribution in [-0.4, -0.2) is 40.2 Å². The first kappa shape index (κ1) is 16.4. The number of aromatic nitrogens is 2. The van der Waals surface area contributed by atoms with Gasteiger partial charge in [-0.25, -0.2) is 4.39 Å². The van der Waals surface area contributed by atoms with E-state index in [0.29, 0.717) is 18.3 Å². The highest BCUT2D eigenvalue weighted by molar-refractivity contribution is 5.78. The summed E-state index contributed by atoms with van der Waals surface area (Å²) in [6, 6.07) is 5.98. The third-order valence-electron chi connectivity index (χ3n) is 4.36. The molecule has 0 bridgehead atoms. The third-order valence-corrected chi connectivity index (χ3v) is 4.36. The van der Waals surface area contributed by atoms with Gasteiger partial charge >= 0.3 is 0 Å². The zero-order valence-electron chi connectivity index (χ0n) is 13.7. The van der Waals surface area contributed by atoms with Gasteiger partial charge in [-0.05, 0) is 31.9 Å². The largest absolute Gasteiger partial charge is 0.481 e. The second-order valence-electron chi connectivity index (χ2n) is 5.95. The molecule has 0 unspecified atom stereocenters. The van der Waals surface area contributed by atoms with Crippen molar-refractivity contribution in [2.24, 2.45) is 0 Å². The van der Waals surface area contributed by atoms with Crippen LogP contribution in [0.2, 0.25) is 0 Å². The quantitative estimate of drug-likeness (QED) is 0.860. The van der Waals surface area contributed by atoms with Crippen molar-refractivity contribution in [1.82, 2.24) is 15.1 Å². The lowest BCUT2D eigenvalue weighted by Crippen LogP contribution is -2.47. The maximum atomic E-state index is 13.6. The first-order valence-electron chi connectivity index (χ1n) is 8.03. The van der Waals surface area contributed by atoms with E-state index < -0.39 is 5.82 Å². The summed E-state index contributed by atoms with van der Waals surface area (Å²) in [6.07, 6.45) is 1.74. The number of rotatable bonds is 4. The van der Waals surface area contributed by atoms with E-state index in [-0.39, 0.29) is 30.2 Å². The Morgan fingerprint density at radius 2 is 2.21 bits per heavy atom. The van der Waals surface area contributed by atoms with E-state index in [1.54, 1.807) is 24.0 Å². The number of ether oxygens (including phenoxy) is 1. The number of carbonyl (C=O) groups excluding carboxylic acids is 1. The van der Waals surface area contributed by atoms with Gasteiger partial charge in [-0.15, -0.1) is 10.2 Å². The molecule has 0 aliphatic carbocycles. The average molecular weight is 333 g/mol. The van der Waals surface area contributed by atoms with Crippen molar-refractivity contribution in [3.63, 3.8) is 0 Å². The van der Waals surface area contributed by atoms with Crippen LogP contribution in [0, 0.1) is 12.7 Å². The van der Waals surface area contributed by atoms with Crippen LogP contribution in [0.5, 0.6) is 5.75 Å². The van der Waals surface area contributed by atoms with Crippen LogP contribution in [0.25, 0.3) is 0 Å². The summed E-state index contributed by atoms with van der Waals surface area (Å²) >= 11 is 0. The lowest BCUT2D eigenvalue weighted by molar-refractivity contribution is -0.137. The number of para-hydroxylation sites is 1. The average Bonchev–Trinajstić information content (AvgIpc) is 3.00. The maximum Gasteiger partial charge on any atom is 0.260 e. The van der Waals surface area contributed by atoms with Crippen LogP contribution in [0.4, 0.5) is 4.39 Å². The Bertz CT molecular complexity index is 719. The van der Waals surface area contributed by atoms with Gasteiger partial charge in [0, 0.05) is 19.5 Å². The molecule has 0 spiro atoms. The second-order valence-corrected chi connectivity index (χ2v) is 5.95. The highest BCUT2D eigenvalue weighted by atomic mass is 19.1. The van der Waals surface area contributed by atoms with Crippen molar-refractivity contribution >= 4 is 5.91 Å². The van der Waals surface area contributed by atoms with Gasteiger partial charge < -0.3 is 14.1 Å². The first-order chi connectivity index (χ1) is 11.6. The molecule has 2 heterocycles. The van der Waals surface area contributed by atoms with E-state index in [9.17, 15) is 9.18 Å². The number of nitrogens with zero attached hydrogens (tertiary/aromatic N) is 3. The molecule has 1 amide bonds. The third kappa shape index (κ3) is 3.39. The molecule has 0 saturated carbocycles. The lowest BCUT2D eigenvalue weighted by Gasteiger charge is -2.37. The molecule has 24 heavy (non-hydrogen) atoms. The number of amides is 1. The molecule has 3 rings (SSSR count). The molecule has 0 N–H and O–H groups in total. The summed E-state index contributed by atoms with van der Waals surface area (Å²) in [5.74, 6) is 0.524. The molecule has 1 saturated heterocycles. The number of hydrogen-bond donors (Lipinski definition) is 0. The molecule has 128 valence electrons. The summed E-state index contributed by atoms with van der Waals surface area (Å²) in [5.41, 5.74) is 0. The highest BCUT2D eigenvalue weighted by Gasteiger charge is 2.35. The summed E-state index contributed by atoms with van der Waals surface area (Å²) < 4.78 is 24.4. The number of halogens is 1. The minimum absolute atomic E-state index is 0.0114. The Balaban J connectivity index is 1.65. The van der Waals surface area contributed by atoms with Gasteiger partial charge in [-0.1, -0.05) is 12.1 Å². The smallest absolute Gasteiger partial charge is 0.260 e. The van der Waals surface area contributed by atoms with Crippen molar-refractivity contribution < 1.29 is 18.3 Å². The molecule has 0 radical (unpaired) electrons. The highest BCUT2D eigenvalue weighted by Crippen LogP contribution is 2.31. The van der Waals surface area contributed by atoms with Crippen molar-refractivity contribution in [1.29, 1.82) is 0 Å². The zero-order valence-corrected chi connectivity index (χ0v) is 13.7. The predicted molar refractivity (Wildman–Crippen MR) is 84.1 cm³/mol. The van der Waals surface area contributed by atoms with Gasteiger partial charge in [0.15, 0.2) is 18.2 Å². The van der Waals surface area contributed by atoms with Gasteiger partial charge in [0.25, 0.3) is 5.91 Å². The normalized spacial score (nSPS) is 20.9. The molecule has 1 aliphatic heterocycles. The molecule has 7 heteroatoms. The SMILES string of the molecule is Cc1nnc([C@H]2CCCN(C(=O)COc3ccccc3F)[C@H]2C)o1. The van der Waals surface area contributed by atoms with Crippen LogP contribution in [0.1, 0.15) is 37.5 Å². The van der Waals surface area contributed by atoms with Crippen LogP contribution in [0.15, 0.2) is 28.7 Å². The number of likely N-dealkylation sites (tertiary alicyclic amines) is 1. The fourth-order valence-electron chi connectivity index (χ4n) is 3.07. The van der Waals surface area contributed by atoms with Crippen molar-refractivity contribution in [2.75, 3.05) is 13.2 Å². The Morgan fingerprint density at radius 3 is 2.92 bits per heavy atom. The number of piperidine rings is 1. The van der Waals surface area contributed by atoms with Crippen LogP contribution < -0.4 is 4.74 Å². The molecule has 1 aliphatic rings. The number of benzene rings is 1. The van der Waals surface area contributed by atoms with Crippen molar-refractivity contribution in [3.05, 3.63) is 41.9 Å². The van der Waals surface area contributed by atoms with E-state index in [0.717, 1.165) is 12.8 Å². The molecular formula is C17H20FN3O3. The van der Waals surface area contributed by atoms with Crippen molar-refractivity contribution in [2.45, 2.75) is 38.6 Å². The molecular weight excluding hydrogens is 313 g/mol. The molecule has 1 aromatic carbocycles. The maximum absolute atomic E-state index is 13.6. The standard InChI is InChI=1S/C17H20FN3O3/c1-11-13(17-20-19-12(2)24-17)6-5-9-21(11)16(22)10-23-15-8-4-3-7-14(15)18/h3-4,7-8,11,13H,5-6,9-10H2,1-2H3/t11-,13-/m0/s1. The van der Waals surface area contributed by atoms with E-state index >= 15 is 0 Å². The molecule has 1 aromatic heterocycles. The Kier molecular flexibility index (Phi) is 4.78. The Labute approximate surface area is 139 Å². The van der Waals surface area contributed by atoms with Gasteiger partial charge in [-0.3, -0.25) is 4.79 Å². The number of aryl methyl sites for hydroxylation is 1. The first-order valence-corrected chi connectivity index (χ1v) is 8.03. The van der Waals surface area contributed by atoms with Gasteiger partial charge in [0.1, 0.15) is 0 Å². The molecule has 1 fully saturated rings. The summed E-state index contributed by atoms with van der Waals surface area (Å²) in [6.45, 7) is 4.16. The van der Waals surface area contributed by atoms with Crippen molar-refractivity contribution in [3.8, 4) is 5.75 Å². The van der Waals surface area contributed by atoms with Crippen LogP contribution in [-0.2, 0) is 4.79 Å². The van der Waals surface area contributed by atoms with Crippen LogP contribution in [0.3, 0.4) is 0 Å². The Hall–Kier alpha value is -2.44. The van der Waals surface area contributed by atoms with E-state index in [1.165, 1.54) is 12.1 Å². The minimum atomic E-state index is -0.476. The van der Waals surface area contributed by atoms with Gasteiger partial charge in [-0.2, -0.15) is 0 Å². The zero-order chi connectivity index (χ0) is 17.1. The van der Waals surface area contributed by atoms with E-state index in [4.69, 9.17) is 9.15 Å². The summed E-state index contributed by atoms with van der Waals surface area (Å²) in [4.78, 5) is 14.2. The summed E-state index contributed by atoms with van der Waals surface area (Å²) in [5, 5.41) is 7.95. The second kappa shape index (κ2) is 6.98. The van der Waals surface area contributed by atoms with Gasteiger partial charge in [0.05, 0.1) is 5.92 Å². The number of carbonyl (C=O) groups is 1. The molecule has 2 aromatic rings. The number of hydrogen-bond acceptors (Lipinski definition) is 5. The fourth-order valence-corrected chi connectivity index (χ4v) is 3.07.